The summed E-state index contributed by atoms with van der Waals surface area (Å²) in [4.78, 5) is 38.3. The molecule has 0 rings (SSSR count). The SMILES string of the molecule is CC/C=C\C/C=C\C/C=C\C/C=C\C/C=C\CCCCCCCCCCCCCCCCCCCC(=O)OCC(COC(=O)CCCCCCCCCCCCCC)OC(=O)CCCCCCC/C=C\C/C=C\CCCCC. The molecule has 1 atom stereocenters. The third kappa shape index (κ3) is 63.4. The normalized spacial score (nSPS) is 12.6. The minimum Gasteiger partial charge on any atom is -0.462 e. The van der Waals surface area contributed by atoms with Gasteiger partial charge in [-0.3, -0.25) is 14.4 Å². The standard InChI is InChI=1S/C72H126O6/c1-4-7-10-13-16-19-22-25-27-28-29-30-31-32-33-34-35-36-37-38-39-40-41-42-43-44-46-47-50-53-56-59-62-65-71(74)77-68-69(67-76-70(73)64-61-58-55-52-49-24-21-18-15-12-9-6-3)78-72(75)66-63-60-57-54-51-48-45-26-23-20-17-14-11-8-5-2/h7,10,16-17,19-20,25-27,29-30,32-33,45,69H,4-6,8-9,11-15,18,21-24,28,31,34-44,46-68H2,1-3H3/b10-7-,19-16-,20-17-,27-25-,30-29-,33-32-,45-26-. The molecule has 6 nitrogen and oxygen atoms in total. The number of hydrogen-bond donors (Lipinski definition) is 0. The summed E-state index contributed by atoms with van der Waals surface area (Å²) in [6.45, 7) is 6.52. The van der Waals surface area contributed by atoms with E-state index in [-0.39, 0.29) is 31.1 Å². The zero-order valence-corrected chi connectivity index (χ0v) is 51.7. The Morgan fingerprint density at radius 3 is 0.808 bits per heavy atom. The van der Waals surface area contributed by atoms with Gasteiger partial charge in [0.25, 0.3) is 0 Å². The van der Waals surface area contributed by atoms with E-state index in [4.69, 9.17) is 14.2 Å². The highest BCUT2D eigenvalue weighted by molar-refractivity contribution is 5.71. The largest absolute Gasteiger partial charge is 0.462 e. The lowest BCUT2D eigenvalue weighted by Gasteiger charge is -2.18. The van der Waals surface area contributed by atoms with Crippen LogP contribution in [0.3, 0.4) is 0 Å². The molecule has 6 heteroatoms. The minimum absolute atomic E-state index is 0.0768. The lowest BCUT2D eigenvalue weighted by Crippen LogP contribution is -2.30. The molecule has 0 aliphatic rings. The van der Waals surface area contributed by atoms with E-state index in [9.17, 15) is 14.4 Å². The van der Waals surface area contributed by atoms with Crippen LogP contribution in [0.25, 0.3) is 0 Å². The van der Waals surface area contributed by atoms with Gasteiger partial charge in [-0.2, -0.15) is 0 Å². The van der Waals surface area contributed by atoms with Gasteiger partial charge in [0.15, 0.2) is 6.10 Å². The summed E-state index contributed by atoms with van der Waals surface area (Å²) in [7, 11) is 0. The van der Waals surface area contributed by atoms with Crippen LogP contribution < -0.4 is 0 Å². The van der Waals surface area contributed by atoms with Crippen molar-refractivity contribution in [3.8, 4) is 0 Å². The Balaban J connectivity index is 4.13. The van der Waals surface area contributed by atoms with E-state index < -0.39 is 6.10 Å². The highest BCUT2D eigenvalue weighted by Crippen LogP contribution is 2.17. The molecule has 0 radical (unpaired) electrons. The van der Waals surface area contributed by atoms with Gasteiger partial charge >= 0.3 is 17.9 Å². The molecule has 1 unspecified atom stereocenters. The van der Waals surface area contributed by atoms with E-state index >= 15 is 0 Å². The van der Waals surface area contributed by atoms with E-state index in [1.807, 2.05) is 0 Å². The molecule has 0 bridgehead atoms. The number of carbonyl (C=O) groups excluding carboxylic acids is 3. The Kier molecular flexibility index (Phi) is 63.2. The predicted octanol–water partition coefficient (Wildman–Crippen LogP) is 23.1. The van der Waals surface area contributed by atoms with Gasteiger partial charge in [0.1, 0.15) is 13.2 Å². The van der Waals surface area contributed by atoms with Crippen LogP contribution in [-0.2, 0) is 28.6 Å². The summed E-state index contributed by atoms with van der Waals surface area (Å²) < 4.78 is 16.9. The second kappa shape index (κ2) is 66.1. The third-order valence-corrected chi connectivity index (χ3v) is 14.6. The summed E-state index contributed by atoms with van der Waals surface area (Å²) in [5.74, 6) is -0.875. The topological polar surface area (TPSA) is 78.9 Å². The van der Waals surface area contributed by atoms with Gasteiger partial charge in [0.05, 0.1) is 0 Å². The average Bonchev–Trinajstić information content (AvgIpc) is 3.44. The van der Waals surface area contributed by atoms with Crippen LogP contribution in [0.2, 0.25) is 0 Å². The fourth-order valence-electron chi connectivity index (χ4n) is 9.62. The van der Waals surface area contributed by atoms with E-state index in [1.165, 1.54) is 180 Å². The third-order valence-electron chi connectivity index (χ3n) is 14.6. The summed E-state index contributed by atoms with van der Waals surface area (Å²) in [5.41, 5.74) is 0. The molecule has 450 valence electrons. The van der Waals surface area contributed by atoms with Crippen LogP contribution in [-0.4, -0.2) is 37.2 Å². The lowest BCUT2D eigenvalue weighted by atomic mass is 10.0. The van der Waals surface area contributed by atoms with Crippen molar-refractivity contribution in [3.63, 3.8) is 0 Å². The molecule has 0 amide bonds. The Hall–Kier alpha value is -3.41. The molecule has 0 N–H and O–H groups in total. The Morgan fingerprint density at radius 2 is 0.500 bits per heavy atom. The second-order valence-corrected chi connectivity index (χ2v) is 22.4. The molecule has 0 heterocycles. The Labute approximate surface area is 484 Å². The molecule has 0 saturated heterocycles. The molecule has 0 saturated carbocycles. The van der Waals surface area contributed by atoms with Gasteiger partial charge in [0.2, 0.25) is 0 Å². The highest BCUT2D eigenvalue weighted by atomic mass is 16.6. The fraction of sp³-hybridized carbons (Fsp3) is 0.764. The highest BCUT2D eigenvalue weighted by Gasteiger charge is 2.19. The van der Waals surface area contributed by atoms with Crippen molar-refractivity contribution < 1.29 is 28.6 Å². The van der Waals surface area contributed by atoms with E-state index in [0.29, 0.717) is 19.3 Å². The van der Waals surface area contributed by atoms with Gasteiger partial charge in [-0.15, -0.1) is 0 Å². The van der Waals surface area contributed by atoms with Crippen molar-refractivity contribution in [1.82, 2.24) is 0 Å². The molecule has 0 spiro atoms. The first-order valence-electron chi connectivity index (χ1n) is 33.6. The predicted molar refractivity (Wildman–Crippen MR) is 339 cm³/mol. The van der Waals surface area contributed by atoms with Gasteiger partial charge in [-0.1, -0.05) is 305 Å². The van der Waals surface area contributed by atoms with E-state index in [1.54, 1.807) is 0 Å². The summed E-state index contributed by atoms with van der Waals surface area (Å²) in [6.07, 6.45) is 87.5. The molecular weight excluding hydrogens is 961 g/mol. The molecule has 0 aromatic rings. The van der Waals surface area contributed by atoms with Crippen molar-refractivity contribution in [3.05, 3.63) is 85.1 Å². The van der Waals surface area contributed by atoms with Crippen molar-refractivity contribution in [2.75, 3.05) is 13.2 Å². The van der Waals surface area contributed by atoms with Crippen LogP contribution in [0.15, 0.2) is 85.1 Å². The van der Waals surface area contributed by atoms with Crippen LogP contribution >= 0.6 is 0 Å². The maximum Gasteiger partial charge on any atom is 0.306 e. The van der Waals surface area contributed by atoms with Crippen LogP contribution in [0.4, 0.5) is 0 Å². The number of hydrogen-bond acceptors (Lipinski definition) is 6. The number of allylic oxidation sites excluding steroid dienone is 14. The molecule has 78 heavy (non-hydrogen) atoms. The molecular formula is C72H126O6. The lowest BCUT2D eigenvalue weighted by molar-refractivity contribution is -0.167. The summed E-state index contributed by atoms with van der Waals surface area (Å²) in [6, 6.07) is 0. The van der Waals surface area contributed by atoms with Gasteiger partial charge in [-0.05, 0) is 96.3 Å². The average molecular weight is 1090 g/mol. The van der Waals surface area contributed by atoms with Crippen molar-refractivity contribution in [2.24, 2.45) is 0 Å². The minimum atomic E-state index is -0.780. The summed E-state index contributed by atoms with van der Waals surface area (Å²) in [5, 5.41) is 0. The van der Waals surface area contributed by atoms with Gasteiger partial charge < -0.3 is 14.2 Å². The second-order valence-electron chi connectivity index (χ2n) is 22.4. The zero-order chi connectivity index (χ0) is 56.4. The quantitative estimate of drug-likeness (QED) is 0.0261. The molecule has 0 aromatic carbocycles. The monoisotopic (exact) mass is 1090 g/mol. The Bertz CT molecular complexity index is 1480. The smallest absolute Gasteiger partial charge is 0.306 e. The van der Waals surface area contributed by atoms with E-state index in [0.717, 1.165) is 116 Å². The van der Waals surface area contributed by atoms with Crippen LogP contribution in [0, 0.1) is 0 Å². The van der Waals surface area contributed by atoms with Crippen LogP contribution in [0.5, 0.6) is 0 Å². The maximum atomic E-state index is 12.9. The number of rotatable bonds is 61. The van der Waals surface area contributed by atoms with Gasteiger partial charge in [0, 0.05) is 19.3 Å². The zero-order valence-electron chi connectivity index (χ0n) is 51.7. The number of carbonyl (C=O) groups is 3. The van der Waals surface area contributed by atoms with Gasteiger partial charge in [-0.25, -0.2) is 0 Å². The number of ether oxygens (including phenoxy) is 3. The first-order chi connectivity index (χ1) is 38.5. The van der Waals surface area contributed by atoms with Crippen molar-refractivity contribution >= 4 is 17.9 Å². The van der Waals surface area contributed by atoms with Crippen LogP contribution in [0.1, 0.15) is 335 Å². The first-order valence-corrected chi connectivity index (χ1v) is 33.6. The molecule has 0 fully saturated rings. The molecule has 0 aliphatic carbocycles. The van der Waals surface area contributed by atoms with Crippen molar-refractivity contribution in [2.45, 2.75) is 341 Å². The molecule has 0 aliphatic heterocycles. The fourth-order valence-corrected chi connectivity index (χ4v) is 9.62. The number of unbranched alkanes of at least 4 members (excludes halogenated alkanes) is 36. The Morgan fingerprint density at radius 1 is 0.269 bits per heavy atom. The van der Waals surface area contributed by atoms with E-state index in [2.05, 4.69) is 106 Å². The molecule has 0 aromatic heterocycles. The maximum absolute atomic E-state index is 12.9. The number of esters is 3. The first kappa shape index (κ1) is 74.6. The summed E-state index contributed by atoms with van der Waals surface area (Å²) >= 11 is 0. The van der Waals surface area contributed by atoms with Crippen molar-refractivity contribution in [1.29, 1.82) is 0 Å².